The van der Waals surface area contributed by atoms with Crippen molar-refractivity contribution >= 4 is 11.9 Å². The highest BCUT2D eigenvalue weighted by Crippen LogP contribution is 2.59. The van der Waals surface area contributed by atoms with E-state index in [4.69, 9.17) is 9.47 Å². The molecule has 3 aliphatic rings. The van der Waals surface area contributed by atoms with Crippen molar-refractivity contribution in [3.8, 4) is 0 Å². The Balaban J connectivity index is 2.08. The average Bonchev–Trinajstić information content (AvgIpc) is 2.84. The molecule has 2 N–H and O–H groups in total. The van der Waals surface area contributed by atoms with E-state index in [1.165, 1.54) is 0 Å². The van der Waals surface area contributed by atoms with E-state index in [0.717, 1.165) is 0 Å². The third-order valence-electron chi connectivity index (χ3n) is 6.71. The number of allylic oxidation sites excluding steroid dienone is 1. The van der Waals surface area contributed by atoms with E-state index in [0.29, 0.717) is 24.8 Å². The predicted octanol–water partition coefficient (Wildman–Crippen LogP) is 1.89. The number of aliphatic hydroxyl groups is 2. The van der Waals surface area contributed by atoms with E-state index in [9.17, 15) is 19.8 Å². The number of ether oxygens (including phenoxy) is 2. The maximum atomic E-state index is 12.5. The molecule has 0 spiro atoms. The highest BCUT2D eigenvalue weighted by molar-refractivity contribution is 5.91. The van der Waals surface area contributed by atoms with E-state index in [1.807, 2.05) is 6.92 Å². The number of hydrogen-bond donors (Lipinski definition) is 2. The van der Waals surface area contributed by atoms with Crippen molar-refractivity contribution in [1.29, 1.82) is 0 Å². The molecule has 6 heteroatoms. The zero-order valence-electron chi connectivity index (χ0n) is 15.8. The Kier molecular flexibility index (Phi) is 4.56. The number of fused-ring (bicyclic) bond motifs is 2. The molecule has 0 amide bonds. The van der Waals surface area contributed by atoms with Gasteiger partial charge in [0.2, 0.25) is 0 Å². The molecule has 2 aliphatic carbocycles. The monoisotopic (exact) mass is 364 g/mol. The Morgan fingerprint density at radius 3 is 2.69 bits per heavy atom. The number of hydrogen-bond acceptors (Lipinski definition) is 6. The van der Waals surface area contributed by atoms with Crippen molar-refractivity contribution in [2.75, 3.05) is 0 Å². The maximum Gasteiger partial charge on any atom is 0.334 e. The Bertz CT molecular complexity index is 678. The molecule has 3 fully saturated rings. The minimum absolute atomic E-state index is 0.267. The van der Waals surface area contributed by atoms with Gasteiger partial charge >= 0.3 is 11.9 Å². The number of aliphatic hydroxyl groups excluding tert-OH is 1. The van der Waals surface area contributed by atoms with E-state index in [-0.39, 0.29) is 5.57 Å². The van der Waals surface area contributed by atoms with Crippen molar-refractivity contribution in [3.63, 3.8) is 0 Å². The van der Waals surface area contributed by atoms with Gasteiger partial charge in [0.25, 0.3) is 0 Å². The largest absolute Gasteiger partial charge is 0.458 e. The van der Waals surface area contributed by atoms with Crippen LogP contribution in [0.5, 0.6) is 0 Å². The first kappa shape index (κ1) is 19.1. The average molecular weight is 364 g/mol. The highest BCUT2D eigenvalue weighted by Gasteiger charge is 2.66. The summed E-state index contributed by atoms with van der Waals surface area (Å²) in [5, 5.41) is 21.9. The van der Waals surface area contributed by atoms with Crippen LogP contribution in [0.25, 0.3) is 0 Å². The van der Waals surface area contributed by atoms with Crippen LogP contribution in [0.3, 0.4) is 0 Å². The normalized spacial score (nSPS) is 45.6. The SMILES string of the molecule is C=C1C(=O)O[C@H]2C[C@@]3(C)[C@H](O)CC[C@](C)(O)[C@@H]3[C@@H](OC(=O)/C(C)=C\C)[C@@H]12. The fourth-order valence-electron chi connectivity index (χ4n) is 5.17. The zero-order valence-corrected chi connectivity index (χ0v) is 15.8. The molecule has 0 radical (unpaired) electrons. The van der Waals surface area contributed by atoms with Crippen LogP contribution in [0.1, 0.15) is 47.0 Å². The van der Waals surface area contributed by atoms with Crippen LogP contribution in [-0.4, -0.2) is 46.1 Å². The van der Waals surface area contributed by atoms with Crippen molar-refractivity contribution in [2.45, 2.75) is 70.9 Å². The van der Waals surface area contributed by atoms with Crippen molar-refractivity contribution in [2.24, 2.45) is 17.3 Å². The van der Waals surface area contributed by atoms with Crippen LogP contribution >= 0.6 is 0 Å². The first-order chi connectivity index (χ1) is 12.0. The van der Waals surface area contributed by atoms with Gasteiger partial charge in [-0.2, -0.15) is 0 Å². The quantitative estimate of drug-likeness (QED) is 0.574. The predicted molar refractivity (Wildman–Crippen MR) is 93.9 cm³/mol. The van der Waals surface area contributed by atoms with Gasteiger partial charge in [-0.15, -0.1) is 0 Å². The molecule has 2 saturated carbocycles. The second-order valence-electron chi connectivity index (χ2n) is 8.44. The fraction of sp³-hybridized carbons (Fsp3) is 0.700. The molecular formula is C20H28O6. The topological polar surface area (TPSA) is 93.1 Å². The molecule has 7 atom stereocenters. The molecule has 0 aromatic heterocycles. The van der Waals surface area contributed by atoms with Crippen molar-refractivity contribution in [3.05, 3.63) is 23.8 Å². The molecular weight excluding hydrogens is 336 g/mol. The minimum Gasteiger partial charge on any atom is -0.458 e. The van der Waals surface area contributed by atoms with E-state index >= 15 is 0 Å². The summed E-state index contributed by atoms with van der Waals surface area (Å²) < 4.78 is 11.3. The number of carbonyl (C=O) groups is 2. The molecule has 26 heavy (non-hydrogen) atoms. The lowest BCUT2D eigenvalue weighted by atomic mass is 9.50. The Hall–Kier alpha value is -1.66. The van der Waals surface area contributed by atoms with E-state index in [2.05, 4.69) is 6.58 Å². The lowest BCUT2D eigenvalue weighted by Crippen LogP contribution is -2.65. The van der Waals surface area contributed by atoms with Crippen LogP contribution in [0, 0.1) is 17.3 Å². The van der Waals surface area contributed by atoms with Gasteiger partial charge in [0, 0.05) is 22.5 Å². The Labute approximate surface area is 153 Å². The van der Waals surface area contributed by atoms with E-state index < -0.39 is 53.1 Å². The summed E-state index contributed by atoms with van der Waals surface area (Å²) in [5.41, 5.74) is -1.16. The third kappa shape index (κ3) is 2.70. The smallest absolute Gasteiger partial charge is 0.334 e. The first-order valence-electron chi connectivity index (χ1n) is 9.17. The van der Waals surface area contributed by atoms with Gasteiger partial charge in [-0.05, 0) is 40.0 Å². The van der Waals surface area contributed by atoms with Crippen molar-refractivity contribution in [1.82, 2.24) is 0 Å². The molecule has 0 aromatic rings. The van der Waals surface area contributed by atoms with Crippen molar-refractivity contribution < 1.29 is 29.3 Å². The van der Waals surface area contributed by atoms with Gasteiger partial charge in [0.15, 0.2) is 0 Å². The maximum absolute atomic E-state index is 12.5. The van der Waals surface area contributed by atoms with Crippen LogP contribution < -0.4 is 0 Å². The summed E-state index contributed by atoms with van der Waals surface area (Å²) in [5.74, 6) is -2.03. The standard InChI is InChI=1S/C20H28O6/c1-6-10(2)17(22)26-15-14-11(3)18(23)25-12(14)9-19(4)13(21)7-8-20(5,24)16(15)19/h6,12-16,21,24H,3,7-9H2,1-2,4-5H3/b10-6-/t12-,13+,14-,15-,16+,19-,20-/m0/s1. The number of carbonyl (C=O) groups excluding carboxylic acids is 2. The lowest BCUT2D eigenvalue weighted by molar-refractivity contribution is -0.234. The summed E-state index contributed by atoms with van der Waals surface area (Å²) in [6.45, 7) is 10.8. The zero-order chi connectivity index (χ0) is 19.4. The van der Waals surface area contributed by atoms with Crippen LogP contribution in [0.2, 0.25) is 0 Å². The third-order valence-corrected chi connectivity index (χ3v) is 6.71. The van der Waals surface area contributed by atoms with Gasteiger partial charge in [-0.1, -0.05) is 19.6 Å². The summed E-state index contributed by atoms with van der Waals surface area (Å²) in [7, 11) is 0. The van der Waals surface area contributed by atoms with Gasteiger partial charge < -0.3 is 19.7 Å². The summed E-state index contributed by atoms with van der Waals surface area (Å²) in [4.78, 5) is 24.6. The summed E-state index contributed by atoms with van der Waals surface area (Å²) >= 11 is 0. The summed E-state index contributed by atoms with van der Waals surface area (Å²) in [6.07, 6.45) is 0.922. The first-order valence-corrected chi connectivity index (χ1v) is 9.17. The van der Waals surface area contributed by atoms with Crippen LogP contribution in [0.4, 0.5) is 0 Å². The number of esters is 2. The number of rotatable bonds is 2. The molecule has 1 aliphatic heterocycles. The van der Waals surface area contributed by atoms with Gasteiger partial charge in [-0.3, -0.25) is 0 Å². The lowest BCUT2D eigenvalue weighted by Gasteiger charge is -2.59. The molecule has 1 heterocycles. The van der Waals surface area contributed by atoms with Crippen LogP contribution in [0.15, 0.2) is 23.8 Å². The Morgan fingerprint density at radius 1 is 1.42 bits per heavy atom. The molecule has 0 aromatic carbocycles. The van der Waals surface area contributed by atoms with Gasteiger partial charge in [0.05, 0.1) is 17.6 Å². The molecule has 0 unspecified atom stereocenters. The molecule has 1 saturated heterocycles. The molecule has 144 valence electrons. The molecule has 3 rings (SSSR count). The van der Waals surface area contributed by atoms with Gasteiger partial charge in [-0.25, -0.2) is 9.59 Å². The van der Waals surface area contributed by atoms with Gasteiger partial charge in [0.1, 0.15) is 12.2 Å². The highest BCUT2D eigenvalue weighted by atomic mass is 16.6. The second-order valence-corrected chi connectivity index (χ2v) is 8.44. The second kappa shape index (κ2) is 6.20. The Morgan fingerprint density at radius 2 is 2.08 bits per heavy atom. The molecule has 0 bridgehead atoms. The van der Waals surface area contributed by atoms with Crippen LogP contribution in [-0.2, 0) is 19.1 Å². The fourth-order valence-corrected chi connectivity index (χ4v) is 5.17. The molecule has 6 nitrogen and oxygen atoms in total. The van der Waals surface area contributed by atoms with E-state index in [1.54, 1.807) is 26.8 Å². The summed E-state index contributed by atoms with van der Waals surface area (Å²) in [6, 6.07) is 0. The minimum atomic E-state index is -1.14.